The fourth-order valence-corrected chi connectivity index (χ4v) is 2.51. The van der Waals surface area contributed by atoms with Crippen molar-refractivity contribution in [2.45, 2.75) is 40.5 Å². The molecule has 4 heteroatoms. The number of carbonyl (C=O) groups excluding carboxylic acids is 1. The minimum atomic E-state index is -0.308. The Kier molecular flexibility index (Phi) is 4.46. The van der Waals surface area contributed by atoms with Crippen molar-refractivity contribution < 1.29 is 9.53 Å². The van der Waals surface area contributed by atoms with Crippen molar-refractivity contribution in [3.05, 3.63) is 46.8 Å². The standard InChI is InChI=1S/C17H22N2O2/c1-6-21-17(20)14-10-18-19(16(14)11(2)3)15-8-7-12(4)9-13(15)5/h7-11H,6H2,1-5H3. The topological polar surface area (TPSA) is 44.1 Å². The van der Waals surface area contributed by atoms with Crippen LogP contribution in [0.25, 0.3) is 5.69 Å². The second kappa shape index (κ2) is 6.12. The lowest BCUT2D eigenvalue weighted by atomic mass is 10.0. The highest BCUT2D eigenvalue weighted by Crippen LogP contribution is 2.25. The number of rotatable bonds is 4. The van der Waals surface area contributed by atoms with Gasteiger partial charge in [-0.2, -0.15) is 5.10 Å². The molecule has 0 fully saturated rings. The van der Waals surface area contributed by atoms with E-state index in [1.54, 1.807) is 6.20 Å². The largest absolute Gasteiger partial charge is 0.462 e. The van der Waals surface area contributed by atoms with E-state index in [0.29, 0.717) is 12.2 Å². The fourth-order valence-electron chi connectivity index (χ4n) is 2.51. The summed E-state index contributed by atoms with van der Waals surface area (Å²) in [7, 11) is 0. The molecule has 0 aliphatic carbocycles. The molecular weight excluding hydrogens is 264 g/mol. The summed E-state index contributed by atoms with van der Waals surface area (Å²) in [5.41, 5.74) is 4.78. The van der Waals surface area contributed by atoms with Crippen molar-refractivity contribution in [2.75, 3.05) is 6.61 Å². The van der Waals surface area contributed by atoms with Gasteiger partial charge in [0.2, 0.25) is 0 Å². The summed E-state index contributed by atoms with van der Waals surface area (Å²) < 4.78 is 6.98. The maximum atomic E-state index is 12.1. The Morgan fingerprint density at radius 1 is 1.33 bits per heavy atom. The van der Waals surface area contributed by atoms with Crippen molar-refractivity contribution in [1.29, 1.82) is 0 Å². The smallest absolute Gasteiger partial charge is 0.341 e. The van der Waals surface area contributed by atoms with E-state index in [-0.39, 0.29) is 11.9 Å². The predicted octanol–water partition coefficient (Wildman–Crippen LogP) is 3.79. The number of hydrogen-bond acceptors (Lipinski definition) is 3. The Morgan fingerprint density at radius 3 is 2.62 bits per heavy atom. The molecule has 0 saturated heterocycles. The minimum absolute atomic E-state index is 0.174. The van der Waals surface area contributed by atoms with Gasteiger partial charge in [0.05, 0.1) is 24.2 Å². The van der Waals surface area contributed by atoms with Gasteiger partial charge in [-0.15, -0.1) is 0 Å². The van der Waals surface area contributed by atoms with Gasteiger partial charge in [-0.25, -0.2) is 9.48 Å². The van der Waals surface area contributed by atoms with Crippen LogP contribution in [-0.2, 0) is 4.74 Å². The Morgan fingerprint density at radius 2 is 2.05 bits per heavy atom. The molecule has 0 unspecified atom stereocenters. The van der Waals surface area contributed by atoms with Gasteiger partial charge in [0.15, 0.2) is 0 Å². The van der Waals surface area contributed by atoms with Crippen LogP contribution in [0.15, 0.2) is 24.4 Å². The summed E-state index contributed by atoms with van der Waals surface area (Å²) in [6.45, 7) is 10.4. The monoisotopic (exact) mass is 286 g/mol. The van der Waals surface area contributed by atoms with E-state index in [1.807, 2.05) is 17.7 Å². The van der Waals surface area contributed by atoms with Crippen LogP contribution in [0.2, 0.25) is 0 Å². The Balaban J connectivity index is 2.57. The number of esters is 1. The first-order valence-corrected chi connectivity index (χ1v) is 7.28. The highest BCUT2D eigenvalue weighted by Gasteiger charge is 2.22. The molecule has 0 N–H and O–H groups in total. The molecular formula is C17H22N2O2. The van der Waals surface area contributed by atoms with E-state index >= 15 is 0 Å². The van der Waals surface area contributed by atoms with Crippen LogP contribution in [0.5, 0.6) is 0 Å². The number of hydrogen-bond donors (Lipinski definition) is 0. The molecule has 0 radical (unpaired) electrons. The van der Waals surface area contributed by atoms with Crippen LogP contribution >= 0.6 is 0 Å². The van der Waals surface area contributed by atoms with E-state index < -0.39 is 0 Å². The van der Waals surface area contributed by atoms with Crippen molar-refractivity contribution in [1.82, 2.24) is 9.78 Å². The third kappa shape index (κ3) is 2.99. The number of ether oxygens (including phenoxy) is 1. The maximum absolute atomic E-state index is 12.1. The molecule has 0 amide bonds. The molecule has 0 saturated carbocycles. The summed E-state index contributed by atoms with van der Waals surface area (Å²) in [6, 6.07) is 6.21. The second-order valence-electron chi connectivity index (χ2n) is 5.52. The minimum Gasteiger partial charge on any atom is -0.462 e. The average Bonchev–Trinajstić information content (AvgIpc) is 2.83. The first-order chi connectivity index (χ1) is 9.95. The van der Waals surface area contributed by atoms with E-state index in [1.165, 1.54) is 5.56 Å². The normalized spacial score (nSPS) is 11.0. The van der Waals surface area contributed by atoms with E-state index in [4.69, 9.17) is 4.74 Å². The third-order valence-corrected chi connectivity index (χ3v) is 3.43. The first kappa shape index (κ1) is 15.3. The van der Waals surface area contributed by atoms with Gasteiger partial charge < -0.3 is 4.74 Å². The second-order valence-corrected chi connectivity index (χ2v) is 5.52. The summed E-state index contributed by atoms with van der Waals surface area (Å²) in [5.74, 6) is -0.134. The predicted molar refractivity (Wildman–Crippen MR) is 83.1 cm³/mol. The number of carbonyl (C=O) groups is 1. The van der Waals surface area contributed by atoms with Crippen molar-refractivity contribution >= 4 is 5.97 Å². The van der Waals surface area contributed by atoms with Crippen LogP contribution in [-0.4, -0.2) is 22.4 Å². The Bertz CT molecular complexity index is 657. The fraction of sp³-hybridized carbons (Fsp3) is 0.412. The van der Waals surface area contributed by atoms with E-state index in [2.05, 4.69) is 44.9 Å². The van der Waals surface area contributed by atoms with Gasteiger partial charge in [-0.1, -0.05) is 31.5 Å². The van der Waals surface area contributed by atoms with Gasteiger partial charge in [-0.3, -0.25) is 0 Å². The zero-order chi connectivity index (χ0) is 15.6. The molecule has 2 aromatic rings. The third-order valence-electron chi connectivity index (χ3n) is 3.43. The lowest BCUT2D eigenvalue weighted by Gasteiger charge is -2.14. The van der Waals surface area contributed by atoms with E-state index in [0.717, 1.165) is 16.9 Å². The molecule has 0 bridgehead atoms. The summed E-state index contributed by atoms with van der Waals surface area (Å²) in [4.78, 5) is 12.1. The number of aryl methyl sites for hydroxylation is 2. The quantitative estimate of drug-likeness (QED) is 0.803. The number of benzene rings is 1. The average molecular weight is 286 g/mol. The molecule has 0 spiro atoms. The van der Waals surface area contributed by atoms with Crippen molar-refractivity contribution in [2.24, 2.45) is 0 Å². The summed E-state index contributed by atoms with van der Waals surface area (Å²) in [5, 5.41) is 4.42. The molecule has 0 atom stereocenters. The van der Waals surface area contributed by atoms with Gasteiger partial charge in [-0.05, 0) is 38.3 Å². The van der Waals surface area contributed by atoms with Crippen LogP contribution in [0, 0.1) is 13.8 Å². The highest BCUT2D eigenvalue weighted by molar-refractivity contribution is 5.90. The van der Waals surface area contributed by atoms with Gasteiger partial charge in [0.1, 0.15) is 5.56 Å². The first-order valence-electron chi connectivity index (χ1n) is 7.28. The number of aromatic nitrogens is 2. The Labute approximate surface area is 125 Å². The van der Waals surface area contributed by atoms with Gasteiger partial charge in [0.25, 0.3) is 0 Å². The zero-order valence-corrected chi connectivity index (χ0v) is 13.3. The molecule has 0 aliphatic heterocycles. The molecule has 4 nitrogen and oxygen atoms in total. The van der Waals surface area contributed by atoms with Gasteiger partial charge >= 0.3 is 5.97 Å². The molecule has 21 heavy (non-hydrogen) atoms. The van der Waals surface area contributed by atoms with Crippen LogP contribution in [0.4, 0.5) is 0 Å². The Hall–Kier alpha value is -2.10. The number of nitrogens with zero attached hydrogens (tertiary/aromatic N) is 2. The van der Waals surface area contributed by atoms with Crippen molar-refractivity contribution in [3.63, 3.8) is 0 Å². The lowest BCUT2D eigenvalue weighted by Crippen LogP contribution is -2.11. The molecule has 1 aromatic heterocycles. The highest BCUT2D eigenvalue weighted by atomic mass is 16.5. The lowest BCUT2D eigenvalue weighted by molar-refractivity contribution is 0.0524. The summed E-state index contributed by atoms with van der Waals surface area (Å²) in [6.07, 6.45) is 1.60. The van der Waals surface area contributed by atoms with Crippen LogP contribution in [0.1, 0.15) is 53.9 Å². The van der Waals surface area contributed by atoms with Crippen LogP contribution in [0.3, 0.4) is 0 Å². The zero-order valence-electron chi connectivity index (χ0n) is 13.3. The molecule has 1 aromatic carbocycles. The molecule has 112 valence electrons. The van der Waals surface area contributed by atoms with Crippen LogP contribution < -0.4 is 0 Å². The summed E-state index contributed by atoms with van der Waals surface area (Å²) >= 11 is 0. The van der Waals surface area contributed by atoms with Gasteiger partial charge in [0, 0.05) is 0 Å². The molecule has 1 heterocycles. The van der Waals surface area contributed by atoms with Crippen molar-refractivity contribution in [3.8, 4) is 5.69 Å². The SMILES string of the molecule is CCOC(=O)c1cnn(-c2ccc(C)cc2C)c1C(C)C. The van der Waals surface area contributed by atoms with E-state index in [9.17, 15) is 4.79 Å². The maximum Gasteiger partial charge on any atom is 0.341 e. The molecule has 0 aliphatic rings. The molecule has 2 rings (SSSR count).